The van der Waals surface area contributed by atoms with Gasteiger partial charge in [0.25, 0.3) is 0 Å². The number of carbonyl (C=O) groups is 3. The van der Waals surface area contributed by atoms with Crippen LogP contribution >= 0.6 is 0 Å². The minimum Gasteiger partial charge on any atom is -0.369 e. The summed E-state index contributed by atoms with van der Waals surface area (Å²) in [5.41, 5.74) is 4.87. The Balaban J connectivity index is 2.69. The predicted octanol–water partition coefficient (Wildman–Crippen LogP) is -1.82. The molecule has 1 fully saturated rings. The van der Waals surface area contributed by atoms with Gasteiger partial charge in [-0.15, -0.1) is 0 Å². The summed E-state index contributed by atoms with van der Waals surface area (Å²) in [4.78, 5) is 32.0. The topological polar surface area (TPSA) is 89.3 Å². The van der Waals surface area contributed by atoms with Crippen molar-refractivity contribution in [1.29, 1.82) is 0 Å². The number of Topliss-reactive ketones (excluding diaryl/α,β-unsaturated/α-hetero) is 1. The van der Waals surface area contributed by atoms with Crippen molar-refractivity contribution in [2.75, 3.05) is 6.54 Å². The van der Waals surface area contributed by atoms with E-state index in [1.165, 1.54) is 0 Å². The van der Waals surface area contributed by atoms with Crippen molar-refractivity contribution in [3.8, 4) is 0 Å². The third-order valence-corrected chi connectivity index (χ3v) is 1.55. The Morgan fingerprint density at radius 1 is 1.55 bits per heavy atom. The SMILES string of the molecule is NC(=O)C1CC(=O)CNC1=O. The molecule has 2 amide bonds. The Hall–Kier alpha value is -1.39. The maximum atomic E-state index is 10.8. The second-order valence-corrected chi connectivity index (χ2v) is 2.42. The molecule has 1 aliphatic rings. The molecule has 0 radical (unpaired) electrons. The monoisotopic (exact) mass is 156 g/mol. The lowest BCUT2D eigenvalue weighted by atomic mass is 9.97. The molecule has 5 nitrogen and oxygen atoms in total. The van der Waals surface area contributed by atoms with E-state index in [9.17, 15) is 14.4 Å². The number of piperidine rings is 1. The molecular weight excluding hydrogens is 148 g/mol. The molecule has 1 rings (SSSR count). The van der Waals surface area contributed by atoms with Crippen LogP contribution in [0.4, 0.5) is 0 Å². The van der Waals surface area contributed by atoms with E-state index >= 15 is 0 Å². The summed E-state index contributed by atoms with van der Waals surface area (Å²) in [5, 5.41) is 2.27. The molecule has 1 aliphatic heterocycles. The summed E-state index contributed by atoms with van der Waals surface area (Å²) in [5.74, 6) is -2.31. The Labute approximate surface area is 62.9 Å². The highest BCUT2D eigenvalue weighted by Crippen LogP contribution is 2.07. The second-order valence-electron chi connectivity index (χ2n) is 2.42. The largest absolute Gasteiger partial charge is 0.369 e. The fourth-order valence-corrected chi connectivity index (χ4v) is 0.931. The van der Waals surface area contributed by atoms with Crippen molar-refractivity contribution >= 4 is 17.6 Å². The first kappa shape index (κ1) is 7.71. The smallest absolute Gasteiger partial charge is 0.233 e. The van der Waals surface area contributed by atoms with Crippen molar-refractivity contribution in [1.82, 2.24) is 5.32 Å². The van der Waals surface area contributed by atoms with Crippen LogP contribution in [0.1, 0.15) is 6.42 Å². The standard InChI is InChI=1S/C6H8N2O3/c7-5(10)4-1-3(9)2-8-6(4)11/h4H,1-2H2,(H2,7,10)(H,8,11). The summed E-state index contributed by atoms with van der Waals surface area (Å²) in [6.07, 6.45) is -0.0544. The highest BCUT2D eigenvalue weighted by atomic mass is 16.2. The molecule has 0 bridgehead atoms. The van der Waals surface area contributed by atoms with Gasteiger partial charge < -0.3 is 11.1 Å². The van der Waals surface area contributed by atoms with Gasteiger partial charge in [0.15, 0.2) is 5.78 Å². The molecule has 0 spiro atoms. The van der Waals surface area contributed by atoms with Crippen LogP contribution in [0.2, 0.25) is 0 Å². The summed E-state index contributed by atoms with van der Waals surface area (Å²) in [6, 6.07) is 0. The van der Waals surface area contributed by atoms with Crippen LogP contribution < -0.4 is 11.1 Å². The first-order valence-electron chi connectivity index (χ1n) is 3.20. The molecule has 1 saturated heterocycles. The van der Waals surface area contributed by atoms with Crippen LogP contribution in [0.5, 0.6) is 0 Å². The summed E-state index contributed by atoms with van der Waals surface area (Å²) in [6.45, 7) is 0.0165. The van der Waals surface area contributed by atoms with E-state index in [2.05, 4.69) is 5.32 Å². The van der Waals surface area contributed by atoms with Gasteiger partial charge in [-0.05, 0) is 0 Å². The van der Waals surface area contributed by atoms with Crippen molar-refractivity contribution in [2.24, 2.45) is 11.7 Å². The lowest BCUT2D eigenvalue weighted by Gasteiger charge is -2.17. The Morgan fingerprint density at radius 2 is 2.18 bits per heavy atom. The number of carbonyl (C=O) groups excluding carboxylic acids is 3. The molecule has 0 aromatic heterocycles. The number of nitrogens with one attached hydrogen (secondary N) is 1. The highest BCUT2D eigenvalue weighted by molar-refractivity contribution is 6.06. The first-order chi connectivity index (χ1) is 5.11. The Kier molecular flexibility index (Phi) is 1.89. The van der Waals surface area contributed by atoms with E-state index in [1.807, 2.05) is 0 Å². The maximum Gasteiger partial charge on any atom is 0.233 e. The molecule has 60 valence electrons. The van der Waals surface area contributed by atoms with E-state index in [-0.39, 0.29) is 18.7 Å². The predicted molar refractivity (Wildman–Crippen MR) is 35.3 cm³/mol. The molecular formula is C6H8N2O3. The van der Waals surface area contributed by atoms with E-state index < -0.39 is 17.7 Å². The van der Waals surface area contributed by atoms with Gasteiger partial charge in [-0.25, -0.2) is 0 Å². The van der Waals surface area contributed by atoms with E-state index in [4.69, 9.17) is 5.73 Å². The van der Waals surface area contributed by atoms with Crippen molar-refractivity contribution < 1.29 is 14.4 Å². The number of rotatable bonds is 1. The normalized spacial score (nSPS) is 24.5. The van der Waals surface area contributed by atoms with Crippen LogP contribution in [-0.2, 0) is 14.4 Å². The summed E-state index contributed by atoms with van der Waals surface area (Å²) in [7, 11) is 0. The van der Waals surface area contributed by atoms with Gasteiger partial charge in [-0.1, -0.05) is 0 Å². The molecule has 3 N–H and O–H groups in total. The van der Waals surface area contributed by atoms with Gasteiger partial charge in [-0.3, -0.25) is 14.4 Å². The second kappa shape index (κ2) is 2.69. The van der Waals surface area contributed by atoms with Crippen molar-refractivity contribution in [3.63, 3.8) is 0 Å². The lowest BCUT2D eigenvalue weighted by molar-refractivity contribution is -0.140. The number of hydrogen-bond acceptors (Lipinski definition) is 3. The van der Waals surface area contributed by atoms with Gasteiger partial charge in [0, 0.05) is 6.42 Å². The molecule has 11 heavy (non-hydrogen) atoms. The van der Waals surface area contributed by atoms with E-state index in [0.29, 0.717) is 0 Å². The minimum atomic E-state index is -0.962. The summed E-state index contributed by atoms with van der Waals surface area (Å²) < 4.78 is 0. The zero-order chi connectivity index (χ0) is 8.43. The van der Waals surface area contributed by atoms with E-state index in [1.54, 1.807) is 0 Å². The Morgan fingerprint density at radius 3 is 2.64 bits per heavy atom. The minimum absolute atomic E-state index is 0.0165. The first-order valence-corrected chi connectivity index (χ1v) is 3.20. The fraction of sp³-hybridized carbons (Fsp3) is 0.500. The molecule has 0 saturated carbocycles. The van der Waals surface area contributed by atoms with Gasteiger partial charge >= 0.3 is 0 Å². The Bertz CT molecular complexity index is 224. The highest BCUT2D eigenvalue weighted by Gasteiger charge is 2.30. The number of nitrogens with two attached hydrogens (primary N) is 1. The van der Waals surface area contributed by atoms with E-state index in [0.717, 1.165) is 0 Å². The molecule has 1 atom stereocenters. The molecule has 0 aromatic rings. The molecule has 5 heteroatoms. The zero-order valence-electron chi connectivity index (χ0n) is 5.79. The molecule has 0 aromatic carbocycles. The molecule has 1 unspecified atom stereocenters. The summed E-state index contributed by atoms with van der Waals surface area (Å²) >= 11 is 0. The number of amides is 2. The third kappa shape index (κ3) is 1.54. The lowest BCUT2D eigenvalue weighted by Crippen LogP contribution is -2.47. The van der Waals surface area contributed by atoms with Crippen molar-refractivity contribution in [2.45, 2.75) is 6.42 Å². The van der Waals surface area contributed by atoms with Crippen LogP contribution in [-0.4, -0.2) is 24.1 Å². The quantitative estimate of drug-likeness (QED) is 0.438. The van der Waals surface area contributed by atoms with Gasteiger partial charge in [0.05, 0.1) is 6.54 Å². The van der Waals surface area contributed by atoms with Gasteiger partial charge in [0.2, 0.25) is 11.8 Å². The van der Waals surface area contributed by atoms with Gasteiger partial charge in [-0.2, -0.15) is 0 Å². The fourth-order valence-electron chi connectivity index (χ4n) is 0.931. The average Bonchev–Trinajstić information content (AvgIpc) is 1.94. The van der Waals surface area contributed by atoms with Crippen LogP contribution in [0.3, 0.4) is 0 Å². The molecule has 1 heterocycles. The number of hydrogen-bond donors (Lipinski definition) is 2. The van der Waals surface area contributed by atoms with Crippen molar-refractivity contribution in [3.05, 3.63) is 0 Å². The number of primary amides is 1. The van der Waals surface area contributed by atoms with Crippen LogP contribution in [0.15, 0.2) is 0 Å². The average molecular weight is 156 g/mol. The zero-order valence-corrected chi connectivity index (χ0v) is 5.79. The number of ketones is 1. The van der Waals surface area contributed by atoms with Gasteiger partial charge in [0.1, 0.15) is 5.92 Å². The third-order valence-electron chi connectivity index (χ3n) is 1.55. The maximum absolute atomic E-state index is 10.8. The van der Waals surface area contributed by atoms with Crippen LogP contribution in [0, 0.1) is 5.92 Å². The van der Waals surface area contributed by atoms with Crippen LogP contribution in [0.25, 0.3) is 0 Å². The molecule has 0 aliphatic carbocycles.